The molecule has 0 atom stereocenters. The normalized spacial score (nSPS) is 10.5. The Morgan fingerprint density at radius 2 is 1.71 bits per heavy atom. The Hall–Kier alpha value is -1.13. The van der Waals surface area contributed by atoms with Crippen LogP contribution in [0, 0.1) is 0 Å². The van der Waals surface area contributed by atoms with E-state index < -0.39 is 24.6 Å². The van der Waals surface area contributed by atoms with Gasteiger partial charge in [-0.25, -0.2) is 0 Å². The van der Waals surface area contributed by atoms with Crippen molar-refractivity contribution in [2.24, 2.45) is 0 Å². The lowest BCUT2D eigenvalue weighted by molar-refractivity contribution is -0.120. The summed E-state index contributed by atoms with van der Waals surface area (Å²) >= 11 is 0. The second-order valence-electron chi connectivity index (χ2n) is 2.17. The van der Waals surface area contributed by atoms with Crippen LogP contribution in [-0.4, -0.2) is 36.0 Å². The molecule has 0 heterocycles. The Kier molecular flexibility index (Phi) is 4.53. The van der Waals surface area contributed by atoms with Gasteiger partial charge in [-0.15, -0.1) is 0 Å². The largest absolute Gasteiger partial charge is 0.412 e. The summed E-state index contributed by atoms with van der Waals surface area (Å²) in [6.45, 7) is 0.989. The number of nitrogens with zero attached hydrogens (tertiary/aromatic N) is 2. The zero-order chi connectivity index (χ0) is 11.4. The van der Waals surface area contributed by atoms with Crippen LogP contribution >= 0.6 is 7.60 Å². The van der Waals surface area contributed by atoms with Crippen LogP contribution in [0.1, 0.15) is 6.92 Å². The first-order chi connectivity index (χ1) is 6.42. The maximum atomic E-state index is 11.4. The quantitative estimate of drug-likeness (QED) is 0.217. The predicted molar refractivity (Wildman–Crippen MR) is 45.9 cm³/mol. The summed E-state index contributed by atoms with van der Waals surface area (Å²) in [7, 11) is -2.08. The third-order valence-corrected chi connectivity index (χ3v) is 3.04. The highest BCUT2D eigenvalue weighted by Crippen LogP contribution is 2.47. The standard InChI is InChI=1S/C6H9N2O5P/c1-4(9)5(8-7)6(10)14(11,12-2)13-3/h1-3H3. The fraction of sp³-hybridized carbons (Fsp3) is 0.500. The van der Waals surface area contributed by atoms with Crippen molar-refractivity contribution in [3.05, 3.63) is 5.53 Å². The highest BCUT2D eigenvalue weighted by atomic mass is 31.2. The van der Waals surface area contributed by atoms with E-state index in [2.05, 4.69) is 13.8 Å². The van der Waals surface area contributed by atoms with E-state index in [9.17, 15) is 14.2 Å². The fourth-order valence-electron chi connectivity index (χ4n) is 0.634. The summed E-state index contributed by atoms with van der Waals surface area (Å²) in [5.41, 5.74) is 6.21. The van der Waals surface area contributed by atoms with Crippen LogP contribution in [-0.2, 0) is 23.2 Å². The van der Waals surface area contributed by atoms with Crippen LogP contribution in [0.5, 0.6) is 0 Å². The van der Waals surface area contributed by atoms with E-state index in [4.69, 9.17) is 5.53 Å². The molecule has 0 aromatic carbocycles. The molecule has 78 valence electrons. The molecule has 0 N–H and O–H groups in total. The first kappa shape index (κ1) is 12.9. The Morgan fingerprint density at radius 3 is 1.93 bits per heavy atom. The average molecular weight is 220 g/mol. The molecule has 0 amide bonds. The second-order valence-corrected chi connectivity index (χ2v) is 4.30. The van der Waals surface area contributed by atoms with E-state index >= 15 is 0 Å². The molecular formula is C6H9N2O5P. The average Bonchev–Trinajstić information content (AvgIpc) is 2.17. The lowest BCUT2D eigenvalue weighted by Gasteiger charge is -2.07. The van der Waals surface area contributed by atoms with E-state index in [0.717, 1.165) is 21.1 Å². The minimum atomic E-state index is -4.05. The van der Waals surface area contributed by atoms with Crippen LogP contribution in [0.3, 0.4) is 0 Å². The van der Waals surface area contributed by atoms with Crippen LogP contribution in [0.4, 0.5) is 0 Å². The Bertz CT molecular complexity index is 349. The van der Waals surface area contributed by atoms with Crippen LogP contribution in [0.2, 0.25) is 0 Å². The van der Waals surface area contributed by atoms with Crippen molar-refractivity contribution < 1.29 is 28.0 Å². The van der Waals surface area contributed by atoms with Crippen molar-refractivity contribution >= 4 is 24.6 Å². The SMILES string of the molecule is COP(=O)(OC)C(=O)C(=[N+]=[N-])C(C)=O. The summed E-state index contributed by atoms with van der Waals surface area (Å²) in [4.78, 5) is 24.5. The molecule has 0 aromatic rings. The molecule has 7 nitrogen and oxygen atoms in total. The minimum Gasteiger partial charge on any atom is -0.360 e. The molecule has 0 spiro atoms. The molecule has 0 rings (SSSR count). The topological polar surface area (TPSA) is 106 Å². The minimum absolute atomic E-state index is 0.827. The molecule has 0 radical (unpaired) electrons. The molecule has 8 heteroatoms. The smallest absolute Gasteiger partial charge is 0.360 e. The molecule has 0 saturated carbocycles. The van der Waals surface area contributed by atoms with Gasteiger partial charge < -0.3 is 14.6 Å². The zero-order valence-electron chi connectivity index (χ0n) is 7.88. The highest BCUT2D eigenvalue weighted by molar-refractivity contribution is 7.75. The van der Waals surface area contributed by atoms with E-state index in [1.807, 2.05) is 0 Å². The Labute approximate surface area is 80.2 Å². The molecule has 0 aliphatic rings. The number of carbonyl (C=O) groups excluding carboxylic acids is 2. The van der Waals surface area contributed by atoms with Gasteiger partial charge in [0.25, 0.3) is 0 Å². The molecule has 0 aliphatic heterocycles. The van der Waals surface area contributed by atoms with Crippen molar-refractivity contribution in [2.75, 3.05) is 14.2 Å². The van der Waals surface area contributed by atoms with Crippen LogP contribution < -0.4 is 0 Å². The van der Waals surface area contributed by atoms with Crippen LogP contribution in [0.25, 0.3) is 5.53 Å². The zero-order valence-corrected chi connectivity index (χ0v) is 8.78. The maximum Gasteiger partial charge on any atom is 0.412 e. The molecule has 0 fully saturated rings. The number of hydrogen-bond donors (Lipinski definition) is 0. The summed E-state index contributed by atoms with van der Waals surface area (Å²) in [5, 5.41) is 0. The third-order valence-electron chi connectivity index (χ3n) is 1.37. The van der Waals surface area contributed by atoms with E-state index in [0.29, 0.717) is 0 Å². The molecular weight excluding hydrogens is 211 g/mol. The molecule has 0 aromatic heterocycles. The number of Topliss-reactive ketones (excluding diaryl/α,β-unsaturated/α-hetero) is 1. The number of hydrogen-bond acceptors (Lipinski definition) is 5. The fourth-order valence-corrected chi connectivity index (χ4v) is 1.58. The van der Waals surface area contributed by atoms with Gasteiger partial charge in [0, 0.05) is 21.1 Å². The van der Waals surface area contributed by atoms with Crippen molar-refractivity contribution in [3.63, 3.8) is 0 Å². The molecule has 14 heavy (non-hydrogen) atoms. The van der Waals surface area contributed by atoms with Gasteiger partial charge in [-0.3, -0.25) is 14.2 Å². The molecule has 0 bridgehead atoms. The Morgan fingerprint density at radius 1 is 1.29 bits per heavy atom. The summed E-state index contributed by atoms with van der Waals surface area (Å²) in [6, 6.07) is 0. The van der Waals surface area contributed by atoms with Crippen molar-refractivity contribution in [2.45, 2.75) is 6.92 Å². The van der Waals surface area contributed by atoms with Crippen molar-refractivity contribution in [3.8, 4) is 0 Å². The van der Waals surface area contributed by atoms with Gasteiger partial charge in [0.2, 0.25) is 5.78 Å². The first-order valence-corrected chi connectivity index (χ1v) is 4.96. The number of rotatable bonds is 5. The lowest BCUT2D eigenvalue weighted by atomic mass is 10.3. The summed E-state index contributed by atoms with van der Waals surface area (Å²) < 4.78 is 20.1. The molecule has 0 saturated heterocycles. The Balaban J connectivity index is 5.24. The van der Waals surface area contributed by atoms with Crippen molar-refractivity contribution in [1.29, 1.82) is 0 Å². The number of carbonyl (C=O) groups is 2. The first-order valence-electron chi connectivity index (χ1n) is 3.42. The monoisotopic (exact) mass is 220 g/mol. The van der Waals surface area contributed by atoms with Gasteiger partial charge in [0.1, 0.15) is 0 Å². The molecule has 0 unspecified atom stereocenters. The highest BCUT2D eigenvalue weighted by Gasteiger charge is 2.43. The van der Waals surface area contributed by atoms with Gasteiger partial charge in [0.15, 0.2) is 0 Å². The van der Waals surface area contributed by atoms with Gasteiger partial charge in [-0.05, 0) is 0 Å². The lowest BCUT2D eigenvalue weighted by Crippen LogP contribution is -2.24. The second kappa shape index (κ2) is 4.93. The predicted octanol–water partition coefficient (Wildman–Crippen LogP) is 0.259. The van der Waals surface area contributed by atoms with E-state index in [-0.39, 0.29) is 0 Å². The summed E-state index contributed by atoms with van der Waals surface area (Å²) in [5.74, 6) is -0.827. The van der Waals surface area contributed by atoms with Gasteiger partial charge in [0.05, 0.1) is 0 Å². The van der Waals surface area contributed by atoms with Gasteiger partial charge in [-0.2, -0.15) is 4.79 Å². The summed E-state index contributed by atoms with van der Waals surface area (Å²) in [6.07, 6.45) is 0. The van der Waals surface area contributed by atoms with Gasteiger partial charge in [-0.1, -0.05) is 0 Å². The van der Waals surface area contributed by atoms with Gasteiger partial charge >= 0.3 is 18.8 Å². The third kappa shape index (κ3) is 2.43. The van der Waals surface area contributed by atoms with Crippen LogP contribution in [0.15, 0.2) is 0 Å². The molecule has 0 aliphatic carbocycles. The number of ketones is 1. The maximum absolute atomic E-state index is 11.4. The van der Waals surface area contributed by atoms with E-state index in [1.165, 1.54) is 0 Å². The van der Waals surface area contributed by atoms with Crippen molar-refractivity contribution in [1.82, 2.24) is 0 Å². The van der Waals surface area contributed by atoms with E-state index in [1.54, 1.807) is 0 Å².